The van der Waals surface area contributed by atoms with Crippen molar-refractivity contribution in [2.24, 2.45) is 5.92 Å². The van der Waals surface area contributed by atoms with Crippen molar-refractivity contribution < 1.29 is 24.2 Å². The number of hydrogen-bond acceptors (Lipinski definition) is 4. The van der Waals surface area contributed by atoms with Gasteiger partial charge in [-0.25, -0.2) is 4.79 Å². The molecule has 0 bridgehead atoms. The largest absolute Gasteiger partial charge is 0.497 e. The number of benzene rings is 1. The van der Waals surface area contributed by atoms with Crippen molar-refractivity contribution in [2.45, 2.75) is 12.5 Å². The van der Waals surface area contributed by atoms with Crippen LogP contribution in [0.15, 0.2) is 24.3 Å². The van der Waals surface area contributed by atoms with E-state index >= 15 is 0 Å². The zero-order valence-electron chi connectivity index (χ0n) is 13.2. The van der Waals surface area contributed by atoms with Crippen molar-refractivity contribution >= 4 is 29.4 Å². The third kappa shape index (κ3) is 4.38. The van der Waals surface area contributed by atoms with E-state index in [-0.39, 0.29) is 37.2 Å². The number of nitrogens with zero attached hydrogens (tertiary/aromatic N) is 1. The minimum absolute atomic E-state index is 0.121. The highest BCUT2D eigenvalue weighted by Crippen LogP contribution is 2.17. The molecule has 2 amide bonds. The first-order chi connectivity index (χ1) is 11.4. The molecule has 1 atom stereocenters. The van der Waals surface area contributed by atoms with Crippen LogP contribution in [-0.2, 0) is 20.8 Å². The number of rotatable bonds is 7. The Morgan fingerprint density at radius 3 is 2.46 bits per heavy atom. The van der Waals surface area contributed by atoms with Gasteiger partial charge in [0.1, 0.15) is 17.7 Å². The van der Waals surface area contributed by atoms with Gasteiger partial charge in [-0.15, -0.1) is 11.6 Å². The quantitative estimate of drug-likeness (QED) is 0.695. The first-order valence-corrected chi connectivity index (χ1v) is 7.98. The Morgan fingerprint density at radius 2 is 1.96 bits per heavy atom. The molecular weight excluding hydrogens is 336 g/mol. The van der Waals surface area contributed by atoms with Crippen molar-refractivity contribution in [3.05, 3.63) is 29.8 Å². The molecule has 0 saturated carbocycles. The molecule has 1 aromatic rings. The number of hydrogen-bond donors (Lipinski definition) is 2. The molecule has 1 saturated heterocycles. The molecule has 1 aliphatic rings. The van der Waals surface area contributed by atoms with E-state index in [0.717, 1.165) is 5.56 Å². The van der Waals surface area contributed by atoms with E-state index < -0.39 is 17.9 Å². The first-order valence-electron chi connectivity index (χ1n) is 7.44. The molecule has 2 N–H and O–H groups in total. The number of aliphatic carboxylic acids is 1. The van der Waals surface area contributed by atoms with Gasteiger partial charge in [0.2, 0.25) is 11.8 Å². The summed E-state index contributed by atoms with van der Waals surface area (Å²) >= 11 is 5.45. The van der Waals surface area contributed by atoms with Crippen LogP contribution in [0.4, 0.5) is 0 Å². The van der Waals surface area contributed by atoms with Gasteiger partial charge in [0.25, 0.3) is 0 Å². The van der Waals surface area contributed by atoms with Crippen LogP contribution < -0.4 is 10.1 Å². The van der Waals surface area contributed by atoms with E-state index in [1.54, 1.807) is 31.4 Å². The fourth-order valence-corrected chi connectivity index (χ4v) is 2.59. The standard InChI is InChI=1S/C16H19ClN2O5/c1-24-12-4-2-10(3-5-12)6-13(16(22)23)18-15(21)11-8-19(9-11)14(20)7-17/h2-5,11,13H,6-9H2,1H3,(H,18,21)(H,22,23). The SMILES string of the molecule is COc1ccc(CC(NC(=O)C2CN(C(=O)CCl)C2)C(=O)O)cc1. The van der Waals surface area contributed by atoms with Gasteiger partial charge >= 0.3 is 5.97 Å². The number of carbonyl (C=O) groups is 3. The molecule has 0 spiro atoms. The summed E-state index contributed by atoms with van der Waals surface area (Å²) in [6, 6.07) is 5.95. The summed E-state index contributed by atoms with van der Waals surface area (Å²) in [6.07, 6.45) is 0.169. The maximum atomic E-state index is 12.1. The smallest absolute Gasteiger partial charge is 0.326 e. The number of likely N-dealkylation sites (tertiary alicyclic amines) is 1. The lowest BCUT2D eigenvalue weighted by Crippen LogP contribution is -2.58. The Hall–Kier alpha value is -2.28. The highest BCUT2D eigenvalue weighted by molar-refractivity contribution is 6.27. The van der Waals surface area contributed by atoms with E-state index in [4.69, 9.17) is 16.3 Å². The average molecular weight is 355 g/mol. The fourth-order valence-electron chi connectivity index (χ4n) is 2.42. The second-order valence-electron chi connectivity index (χ2n) is 5.58. The second kappa shape index (κ2) is 8.01. The third-order valence-corrected chi connectivity index (χ3v) is 4.16. The molecule has 1 unspecified atom stereocenters. The first kappa shape index (κ1) is 18.1. The molecule has 1 fully saturated rings. The molecule has 0 aromatic heterocycles. The van der Waals surface area contributed by atoms with Crippen LogP contribution in [-0.4, -0.2) is 59.9 Å². The highest BCUT2D eigenvalue weighted by atomic mass is 35.5. The minimum atomic E-state index is -1.10. The molecule has 7 nitrogen and oxygen atoms in total. The van der Waals surface area contributed by atoms with Crippen molar-refractivity contribution in [3.8, 4) is 5.75 Å². The lowest BCUT2D eigenvalue weighted by atomic mass is 9.98. The number of carbonyl (C=O) groups excluding carboxylic acids is 2. The van der Waals surface area contributed by atoms with Gasteiger partial charge in [0.05, 0.1) is 13.0 Å². The summed E-state index contributed by atoms with van der Waals surface area (Å²) in [5.74, 6) is -1.54. The molecule has 24 heavy (non-hydrogen) atoms. The van der Waals surface area contributed by atoms with Gasteiger partial charge in [-0.3, -0.25) is 9.59 Å². The minimum Gasteiger partial charge on any atom is -0.497 e. The molecule has 1 heterocycles. The number of halogens is 1. The predicted octanol–water partition coefficient (Wildman–Crippen LogP) is 0.504. The van der Waals surface area contributed by atoms with Gasteiger partial charge in [0, 0.05) is 19.5 Å². The van der Waals surface area contributed by atoms with Crippen molar-refractivity contribution in [3.63, 3.8) is 0 Å². The molecule has 130 valence electrons. The van der Waals surface area contributed by atoms with Crippen LogP contribution in [0, 0.1) is 5.92 Å². The summed E-state index contributed by atoms with van der Waals surface area (Å²) in [6.45, 7) is 0.540. The van der Waals surface area contributed by atoms with Crippen LogP contribution in [0.2, 0.25) is 0 Å². The zero-order valence-corrected chi connectivity index (χ0v) is 14.0. The molecule has 0 aliphatic carbocycles. The second-order valence-corrected chi connectivity index (χ2v) is 5.85. The average Bonchev–Trinajstić information content (AvgIpc) is 2.53. The molecule has 1 aromatic carbocycles. The summed E-state index contributed by atoms with van der Waals surface area (Å²) in [4.78, 5) is 36.3. The van der Waals surface area contributed by atoms with E-state index in [1.165, 1.54) is 4.90 Å². The Balaban J connectivity index is 1.90. The monoisotopic (exact) mass is 354 g/mol. The fraction of sp³-hybridized carbons (Fsp3) is 0.438. The zero-order chi connectivity index (χ0) is 17.7. The van der Waals surface area contributed by atoms with Crippen LogP contribution in [0.3, 0.4) is 0 Å². The van der Waals surface area contributed by atoms with Crippen molar-refractivity contribution in [2.75, 3.05) is 26.1 Å². The van der Waals surface area contributed by atoms with Crippen molar-refractivity contribution in [1.29, 1.82) is 0 Å². The normalized spacial score (nSPS) is 15.3. The predicted molar refractivity (Wildman–Crippen MR) is 87.1 cm³/mol. The molecule has 1 aliphatic heterocycles. The van der Waals surface area contributed by atoms with E-state index in [0.29, 0.717) is 5.75 Å². The van der Waals surface area contributed by atoms with E-state index in [2.05, 4.69) is 5.32 Å². The number of carboxylic acids is 1. The molecule has 2 rings (SSSR count). The molecule has 8 heteroatoms. The number of alkyl halides is 1. The lowest BCUT2D eigenvalue weighted by Gasteiger charge is -2.38. The van der Waals surface area contributed by atoms with Gasteiger partial charge in [-0.05, 0) is 17.7 Å². The summed E-state index contributed by atoms with van der Waals surface area (Å²) < 4.78 is 5.05. The summed E-state index contributed by atoms with van der Waals surface area (Å²) in [7, 11) is 1.55. The van der Waals surface area contributed by atoms with Gasteiger partial charge in [-0.1, -0.05) is 12.1 Å². The number of ether oxygens (including phenoxy) is 1. The topological polar surface area (TPSA) is 95.9 Å². The maximum absolute atomic E-state index is 12.1. The Morgan fingerprint density at radius 1 is 1.33 bits per heavy atom. The highest BCUT2D eigenvalue weighted by Gasteiger charge is 2.36. The number of amides is 2. The number of carboxylic acid groups (broad SMARTS) is 1. The number of nitrogens with one attached hydrogen (secondary N) is 1. The molecular formula is C16H19ClN2O5. The van der Waals surface area contributed by atoms with Crippen LogP contribution in [0.5, 0.6) is 5.75 Å². The van der Waals surface area contributed by atoms with E-state index in [9.17, 15) is 19.5 Å². The Labute approximate surface area is 144 Å². The number of methoxy groups -OCH3 is 1. The van der Waals surface area contributed by atoms with Gasteiger partial charge in [0.15, 0.2) is 0 Å². The van der Waals surface area contributed by atoms with Crippen LogP contribution in [0.25, 0.3) is 0 Å². The van der Waals surface area contributed by atoms with Gasteiger partial charge < -0.3 is 20.1 Å². The lowest BCUT2D eigenvalue weighted by molar-refractivity contribution is -0.146. The maximum Gasteiger partial charge on any atom is 0.326 e. The third-order valence-electron chi connectivity index (χ3n) is 3.93. The van der Waals surface area contributed by atoms with Crippen LogP contribution in [0.1, 0.15) is 5.56 Å². The Bertz CT molecular complexity index is 613. The van der Waals surface area contributed by atoms with Crippen molar-refractivity contribution in [1.82, 2.24) is 10.2 Å². The summed E-state index contributed by atoms with van der Waals surface area (Å²) in [5.41, 5.74) is 0.774. The molecule has 0 radical (unpaired) electrons. The summed E-state index contributed by atoms with van der Waals surface area (Å²) in [5, 5.41) is 11.8. The van der Waals surface area contributed by atoms with Crippen LogP contribution >= 0.6 is 11.6 Å². The van der Waals surface area contributed by atoms with Gasteiger partial charge in [-0.2, -0.15) is 0 Å². The van der Waals surface area contributed by atoms with E-state index in [1.807, 2.05) is 0 Å². The Kier molecular flexibility index (Phi) is 6.03.